The van der Waals surface area contributed by atoms with E-state index in [1.165, 1.54) is 6.20 Å². The summed E-state index contributed by atoms with van der Waals surface area (Å²) in [5.74, 6) is -2.57. The fourth-order valence-corrected chi connectivity index (χ4v) is 2.18. The summed E-state index contributed by atoms with van der Waals surface area (Å²) in [6.45, 7) is 5.24. The van der Waals surface area contributed by atoms with E-state index in [1.54, 1.807) is 26.8 Å². The Hall–Kier alpha value is -2.43. The Kier molecular flexibility index (Phi) is 4.45. The zero-order valence-electron chi connectivity index (χ0n) is 12.9. The Labute approximate surface area is 128 Å². The smallest absolute Gasteiger partial charge is 0.311 e. The van der Waals surface area contributed by atoms with Crippen molar-refractivity contribution in [3.8, 4) is 0 Å². The van der Waals surface area contributed by atoms with E-state index in [1.807, 2.05) is 24.3 Å². The maximum atomic E-state index is 11.9. The van der Waals surface area contributed by atoms with Crippen LogP contribution < -0.4 is 0 Å². The lowest BCUT2D eigenvalue weighted by molar-refractivity contribution is -0.158. The minimum Gasteiger partial charge on any atom is -0.481 e. The van der Waals surface area contributed by atoms with Crippen LogP contribution in [0, 0.1) is 0 Å². The number of ether oxygens (including phenoxy) is 1. The normalized spacial score (nSPS) is 12.9. The molecule has 0 saturated heterocycles. The first-order chi connectivity index (χ1) is 10.3. The second-order valence-electron chi connectivity index (χ2n) is 6.14. The van der Waals surface area contributed by atoms with E-state index in [0.29, 0.717) is 5.56 Å². The first kappa shape index (κ1) is 15.9. The van der Waals surface area contributed by atoms with Gasteiger partial charge in [-0.2, -0.15) is 0 Å². The molecule has 1 aromatic carbocycles. The van der Waals surface area contributed by atoms with Gasteiger partial charge in [0.25, 0.3) is 0 Å². The summed E-state index contributed by atoms with van der Waals surface area (Å²) in [7, 11) is 0. The van der Waals surface area contributed by atoms with E-state index in [2.05, 4.69) is 4.98 Å². The van der Waals surface area contributed by atoms with Crippen molar-refractivity contribution < 1.29 is 19.4 Å². The Bertz CT molecular complexity index is 703. The molecule has 1 atom stereocenters. The van der Waals surface area contributed by atoms with Crippen LogP contribution in [0.1, 0.15) is 38.7 Å². The lowest BCUT2D eigenvalue weighted by atomic mass is 9.96. The fraction of sp³-hybridized carbons (Fsp3) is 0.353. The van der Waals surface area contributed by atoms with Crippen LogP contribution in [0.2, 0.25) is 0 Å². The third-order valence-electron chi connectivity index (χ3n) is 3.10. The van der Waals surface area contributed by atoms with Crippen molar-refractivity contribution in [1.29, 1.82) is 0 Å². The number of carboxylic acid groups (broad SMARTS) is 1. The summed E-state index contributed by atoms with van der Waals surface area (Å²) in [5, 5.41) is 10.3. The number of aliphatic carboxylic acids is 1. The zero-order chi connectivity index (χ0) is 16.3. The molecule has 0 aliphatic rings. The minimum absolute atomic E-state index is 0.216. The number of fused-ring (bicyclic) bond motifs is 1. The fourth-order valence-electron chi connectivity index (χ4n) is 2.18. The average Bonchev–Trinajstić information content (AvgIpc) is 2.42. The standard InChI is InChI=1S/C17H19NO4/c1-17(2,3)22-15(19)9-13(16(20)21)12-8-11-6-4-5-7-14(11)18-10-12/h4-8,10,13H,9H2,1-3H3,(H,20,21). The Balaban J connectivity index is 2.26. The molecule has 0 aliphatic heterocycles. The van der Waals surface area contributed by atoms with Crippen LogP contribution in [0.4, 0.5) is 0 Å². The van der Waals surface area contributed by atoms with Gasteiger partial charge in [-0.1, -0.05) is 18.2 Å². The molecule has 1 N–H and O–H groups in total. The van der Waals surface area contributed by atoms with Crippen molar-refractivity contribution in [3.63, 3.8) is 0 Å². The predicted molar refractivity (Wildman–Crippen MR) is 82.6 cm³/mol. The van der Waals surface area contributed by atoms with Gasteiger partial charge >= 0.3 is 11.9 Å². The van der Waals surface area contributed by atoms with Crippen LogP contribution >= 0.6 is 0 Å². The topological polar surface area (TPSA) is 76.5 Å². The summed E-state index contributed by atoms with van der Waals surface area (Å²) < 4.78 is 5.20. The highest BCUT2D eigenvalue weighted by molar-refractivity contribution is 5.85. The number of carbonyl (C=O) groups is 2. The SMILES string of the molecule is CC(C)(C)OC(=O)CC(C(=O)O)c1cnc2ccccc2c1. The lowest BCUT2D eigenvalue weighted by Gasteiger charge is -2.21. The minimum atomic E-state index is -1.07. The van der Waals surface area contributed by atoms with Crippen LogP contribution in [-0.4, -0.2) is 27.6 Å². The molecule has 0 saturated carbocycles. The van der Waals surface area contributed by atoms with E-state index < -0.39 is 23.5 Å². The van der Waals surface area contributed by atoms with E-state index >= 15 is 0 Å². The number of carbonyl (C=O) groups excluding carboxylic acids is 1. The van der Waals surface area contributed by atoms with Gasteiger partial charge < -0.3 is 9.84 Å². The molecule has 2 rings (SSSR count). The highest BCUT2D eigenvalue weighted by atomic mass is 16.6. The first-order valence-electron chi connectivity index (χ1n) is 7.05. The monoisotopic (exact) mass is 301 g/mol. The number of aromatic nitrogens is 1. The van der Waals surface area contributed by atoms with Crippen LogP contribution in [0.5, 0.6) is 0 Å². The lowest BCUT2D eigenvalue weighted by Crippen LogP contribution is -2.26. The van der Waals surface area contributed by atoms with E-state index in [9.17, 15) is 14.7 Å². The van der Waals surface area contributed by atoms with Gasteiger partial charge in [0.05, 0.1) is 17.9 Å². The highest BCUT2D eigenvalue weighted by Crippen LogP contribution is 2.24. The molecule has 0 amide bonds. The van der Waals surface area contributed by atoms with Crippen molar-refractivity contribution in [3.05, 3.63) is 42.1 Å². The summed E-state index contributed by atoms with van der Waals surface area (Å²) in [4.78, 5) is 27.7. The van der Waals surface area contributed by atoms with Crippen molar-refractivity contribution in [1.82, 2.24) is 4.98 Å². The zero-order valence-corrected chi connectivity index (χ0v) is 12.9. The number of para-hydroxylation sites is 1. The molecule has 22 heavy (non-hydrogen) atoms. The number of hydrogen-bond acceptors (Lipinski definition) is 4. The van der Waals surface area contributed by atoms with Gasteiger partial charge in [0, 0.05) is 11.6 Å². The number of benzene rings is 1. The van der Waals surface area contributed by atoms with Crippen molar-refractivity contribution >= 4 is 22.8 Å². The molecular weight excluding hydrogens is 282 g/mol. The van der Waals surface area contributed by atoms with Crippen LogP contribution in [0.15, 0.2) is 36.5 Å². The van der Waals surface area contributed by atoms with Gasteiger partial charge in [-0.05, 0) is 38.5 Å². The second kappa shape index (κ2) is 6.13. The Morgan fingerprint density at radius 3 is 2.59 bits per heavy atom. The summed E-state index contributed by atoms with van der Waals surface area (Å²) in [6, 6.07) is 9.19. The molecule has 0 fully saturated rings. The largest absolute Gasteiger partial charge is 0.481 e. The number of nitrogens with zero attached hydrogens (tertiary/aromatic N) is 1. The van der Waals surface area contributed by atoms with Crippen molar-refractivity contribution in [2.45, 2.75) is 38.7 Å². The average molecular weight is 301 g/mol. The number of pyridine rings is 1. The number of carboxylic acids is 1. The third kappa shape index (κ3) is 4.04. The maximum absolute atomic E-state index is 11.9. The third-order valence-corrected chi connectivity index (χ3v) is 3.10. The first-order valence-corrected chi connectivity index (χ1v) is 7.05. The maximum Gasteiger partial charge on any atom is 0.311 e. The molecule has 0 radical (unpaired) electrons. The number of esters is 1. The van der Waals surface area contributed by atoms with Gasteiger partial charge in [0.15, 0.2) is 0 Å². The van der Waals surface area contributed by atoms with Crippen LogP contribution in [0.25, 0.3) is 10.9 Å². The van der Waals surface area contributed by atoms with Gasteiger partial charge in [-0.15, -0.1) is 0 Å². The molecule has 5 nitrogen and oxygen atoms in total. The molecule has 0 aliphatic carbocycles. The molecule has 116 valence electrons. The van der Waals surface area contributed by atoms with E-state index in [-0.39, 0.29) is 6.42 Å². The molecule has 2 aromatic rings. The van der Waals surface area contributed by atoms with E-state index in [4.69, 9.17) is 4.74 Å². The Morgan fingerprint density at radius 2 is 1.95 bits per heavy atom. The van der Waals surface area contributed by atoms with Gasteiger partial charge in [-0.3, -0.25) is 14.6 Å². The van der Waals surface area contributed by atoms with Crippen LogP contribution in [-0.2, 0) is 14.3 Å². The summed E-state index contributed by atoms with van der Waals surface area (Å²) >= 11 is 0. The van der Waals surface area contributed by atoms with Gasteiger partial charge in [-0.25, -0.2) is 0 Å². The quantitative estimate of drug-likeness (QED) is 0.878. The highest BCUT2D eigenvalue weighted by Gasteiger charge is 2.27. The van der Waals surface area contributed by atoms with Crippen molar-refractivity contribution in [2.75, 3.05) is 0 Å². The Morgan fingerprint density at radius 1 is 1.27 bits per heavy atom. The summed E-state index contributed by atoms with van der Waals surface area (Å²) in [5.41, 5.74) is 0.645. The molecule has 5 heteroatoms. The second-order valence-corrected chi connectivity index (χ2v) is 6.14. The van der Waals surface area contributed by atoms with Gasteiger partial charge in [0.1, 0.15) is 5.60 Å². The van der Waals surface area contributed by atoms with Crippen LogP contribution in [0.3, 0.4) is 0 Å². The van der Waals surface area contributed by atoms with Gasteiger partial charge in [0.2, 0.25) is 0 Å². The number of rotatable bonds is 4. The summed E-state index contributed by atoms with van der Waals surface area (Å²) in [6.07, 6.45) is 1.29. The molecule has 1 aromatic heterocycles. The molecular formula is C17H19NO4. The van der Waals surface area contributed by atoms with E-state index in [0.717, 1.165) is 10.9 Å². The molecule has 0 spiro atoms. The molecule has 0 bridgehead atoms. The predicted octanol–water partition coefficient (Wildman–Crippen LogP) is 3.13. The molecule has 1 unspecified atom stereocenters. The number of hydrogen-bond donors (Lipinski definition) is 1. The van der Waals surface area contributed by atoms with Crippen molar-refractivity contribution in [2.24, 2.45) is 0 Å². The molecule has 1 heterocycles.